The maximum atomic E-state index is 11.9. The van der Waals surface area contributed by atoms with E-state index in [1.807, 2.05) is 26.0 Å². The van der Waals surface area contributed by atoms with Gasteiger partial charge in [-0.3, -0.25) is 0 Å². The average molecular weight is 232 g/mol. The van der Waals surface area contributed by atoms with E-state index >= 15 is 0 Å². The average Bonchev–Trinajstić information content (AvgIpc) is 2.24. The van der Waals surface area contributed by atoms with E-state index in [0.717, 1.165) is 24.2 Å². The lowest BCUT2D eigenvalue weighted by Gasteiger charge is -2.07. The van der Waals surface area contributed by atoms with E-state index in [2.05, 4.69) is 22.2 Å². The first-order chi connectivity index (χ1) is 8.11. The lowest BCUT2D eigenvalue weighted by molar-refractivity contribution is 0.885. The van der Waals surface area contributed by atoms with Crippen LogP contribution in [0, 0.1) is 13.8 Å². The van der Waals surface area contributed by atoms with Crippen molar-refractivity contribution < 1.29 is 0 Å². The molecule has 0 spiro atoms. The van der Waals surface area contributed by atoms with Gasteiger partial charge in [-0.05, 0) is 38.0 Å². The van der Waals surface area contributed by atoms with Crippen molar-refractivity contribution >= 4 is 11.6 Å². The number of anilines is 1. The SMILES string of the molecule is CCCNc1nc(=O)n2c(C)cc(C)cc2n1. The smallest absolute Gasteiger partial charge is 0.354 e. The molecule has 2 aromatic rings. The number of aromatic nitrogens is 3. The van der Waals surface area contributed by atoms with Crippen molar-refractivity contribution in [1.29, 1.82) is 0 Å². The van der Waals surface area contributed by atoms with E-state index < -0.39 is 0 Å². The van der Waals surface area contributed by atoms with Crippen LogP contribution in [0.15, 0.2) is 16.9 Å². The zero-order valence-electron chi connectivity index (χ0n) is 10.3. The Morgan fingerprint density at radius 1 is 1.29 bits per heavy atom. The number of hydrogen-bond acceptors (Lipinski definition) is 4. The van der Waals surface area contributed by atoms with Crippen LogP contribution in [0.5, 0.6) is 0 Å². The lowest BCUT2D eigenvalue weighted by atomic mass is 10.2. The van der Waals surface area contributed by atoms with Crippen LogP contribution < -0.4 is 11.0 Å². The van der Waals surface area contributed by atoms with Gasteiger partial charge in [0.2, 0.25) is 5.95 Å². The zero-order valence-corrected chi connectivity index (χ0v) is 10.3. The van der Waals surface area contributed by atoms with Crippen molar-refractivity contribution in [2.45, 2.75) is 27.2 Å². The molecule has 0 amide bonds. The highest BCUT2D eigenvalue weighted by atomic mass is 16.1. The van der Waals surface area contributed by atoms with Crippen molar-refractivity contribution in [2.75, 3.05) is 11.9 Å². The number of rotatable bonds is 3. The molecule has 0 aliphatic heterocycles. The van der Waals surface area contributed by atoms with Crippen LogP contribution in [0.25, 0.3) is 5.65 Å². The molecule has 0 atom stereocenters. The zero-order chi connectivity index (χ0) is 12.4. The number of hydrogen-bond donors (Lipinski definition) is 1. The predicted molar refractivity (Wildman–Crippen MR) is 67.5 cm³/mol. The molecule has 0 saturated heterocycles. The summed E-state index contributed by atoms with van der Waals surface area (Å²) in [4.78, 5) is 20.1. The third-order valence-corrected chi connectivity index (χ3v) is 2.52. The van der Waals surface area contributed by atoms with Gasteiger partial charge < -0.3 is 5.32 Å². The number of pyridine rings is 1. The Balaban J connectivity index is 2.61. The number of aryl methyl sites for hydroxylation is 2. The Morgan fingerprint density at radius 3 is 2.76 bits per heavy atom. The molecule has 0 saturated carbocycles. The van der Waals surface area contributed by atoms with Gasteiger partial charge in [-0.25, -0.2) is 9.20 Å². The minimum Gasteiger partial charge on any atom is -0.354 e. The summed E-state index contributed by atoms with van der Waals surface area (Å²) in [7, 11) is 0. The van der Waals surface area contributed by atoms with Crippen molar-refractivity contribution in [3.8, 4) is 0 Å². The Morgan fingerprint density at radius 2 is 2.06 bits per heavy atom. The Bertz CT molecular complexity index is 603. The highest BCUT2D eigenvalue weighted by Gasteiger charge is 2.05. The summed E-state index contributed by atoms with van der Waals surface area (Å²) in [6.07, 6.45) is 0.968. The fourth-order valence-electron chi connectivity index (χ4n) is 1.81. The van der Waals surface area contributed by atoms with Crippen LogP contribution in [-0.2, 0) is 0 Å². The molecule has 5 nitrogen and oxygen atoms in total. The first kappa shape index (κ1) is 11.6. The molecule has 90 valence electrons. The van der Waals surface area contributed by atoms with Gasteiger partial charge in [0.05, 0.1) is 0 Å². The van der Waals surface area contributed by atoms with Crippen molar-refractivity contribution in [1.82, 2.24) is 14.4 Å². The lowest BCUT2D eigenvalue weighted by Crippen LogP contribution is -2.22. The summed E-state index contributed by atoms with van der Waals surface area (Å²) in [6.45, 7) is 6.68. The fraction of sp³-hybridized carbons (Fsp3) is 0.417. The Hall–Kier alpha value is -1.91. The molecule has 2 rings (SSSR count). The van der Waals surface area contributed by atoms with Gasteiger partial charge >= 0.3 is 5.69 Å². The van der Waals surface area contributed by atoms with Crippen LogP contribution in [0.2, 0.25) is 0 Å². The standard InChI is InChI=1S/C12H16N4O/c1-4-5-13-11-14-10-7-8(2)6-9(3)16(10)12(17)15-11/h6-7H,4-5H2,1-3H3,(H,13,15,17). The van der Waals surface area contributed by atoms with Crippen LogP contribution in [0.4, 0.5) is 5.95 Å². The minimum atomic E-state index is -0.286. The maximum Gasteiger partial charge on any atom is 0.356 e. The molecule has 0 aliphatic rings. The predicted octanol–water partition coefficient (Wildman–Crippen LogP) is 1.53. The molecular formula is C12H16N4O. The first-order valence-corrected chi connectivity index (χ1v) is 5.73. The molecule has 0 aliphatic carbocycles. The van der Waals surface area contributed by atoms with Crippen molar-refractivity contribution in [3.63, 3.8) is 0 Å². The highest BCUT2D eigenvalue weighted by Crippen LogP contribution is 2.07. The second-order valence-corrected chi connectivity index (χ2v) is 4.12. The molecule has 0 unspecified atom stereocenters. The molecule has 0 aromatic carbocycles. The Kier molecular flexibility index (Phi) is 3.08. The van der Waals surface area contributed by atoms with Crippen LogP contribution >= 0.6 is 0 Å². The number of nitrogens with zero attached hydrogens (tertiary/aromatic N) is 3. The molecule has 2 heterocycles. The molecular weight excluding hydrogens is 216 g/mol. The minimum absolute atomic E-state index is 0.286. The largest absolute Gasteiger partial charge is 0.356 e. The molecule has 17 heavy (non-hydrogen) atoms. The molecule has 0 fully saturated rings. The van der Waals surface area contributed by atoms with Crippen molar-refractivity contribution in [2.24, 2.45) is 0 Å². The first-order valence-electron chi connectivity index (χ1n) is 5.73. The maximum absolute atomic E-state index is 11.9. The van der Waals surface area contributed by atoms with E-state index in [4.69, 9.17) is 0 Å². The van der Waals surface area contributed by atoms with E-state index in [-0.39, 0.29) is 5.69 Å². The van der Waals surface area contributed by atoms with Crippen LogP contribution in [0.1, 0.15) is 24.6 Å². The summed E-state index contributed by atoms with van der Waals surface area (Å²) in [6, 6.07) is 3.82. The van der Waals surface area contributed by atoms with E-state index in [0.29, 0.717) is 11.6 Å². The van der Waals surface area contributed by atoms with Crippen molar-refractivity contribution in [3.05, 3.63) is 33.9 Å². The normalized spacial score (nSPS) is 10.8. The number of fused-ring (bicyclic) bond motifs is 1. The van der Waals surface area contributed by atoms with Gasteiger partial charge in [-0.15, -0.1) is 0 Å². The van der Waals surface area contributed by atoms with Gasteiger partial charge in [0, 0.05) is 12.2 Å². The van der Waals surface area contributed by atoms with Crippen LogP contribution in [-0.4, -0.2) is 20.9 Å². The number of nitrogens with one attached hydrogen (secondary N) is 1. The topological polar surface area (TPSA) is 59.3 Å². The summed E-state index contributed by atoms with van der Waals surface area (Å²) in [5, 5.41) is 3.03. The van der Waals surface area contributed by atoms with Gasteiger partial charge in [0.1, 0.15) is 5.65 Å². The molecule has 0 bridgehead atoms. The quantitative estimate of drug-likeness (QED) is 0.871. The molecule has 5 heteroatoms. The third-order valence-electron chi connectivity index (χ3n) is 2.52. The monoisotopic (exact) mass is 232 g/mol. The Labute approximate surface area is 99.5 Å². The van der Waals surface area contributed by atoms with Gasteiger partial charge in [-0.1, -0.05) is 6.92 Å². The summed E-state index contributed by atoms with van der Waals surface area (Å²) in [5.41, 5.74) is 2.29. The van der Waals surface area contributed by atoms with E-state index in [1.54, 1.807) is 0 Å². The summed E-state index contributed by atoms with van der Waals surface area (Å²) in [5.74, 6) is 0.404. The summed E-state index contributed by atoms with van der Waals surface area (Å²) < 4.78 is 1.52. The van der Waals surface area contributed by atoms with E-state index in [1.165, 1.54) is 4.40 Å². The van der Waals surface area contributed by atoms with E-state index in [9.17, 15) is 4.79 Å². The highest BCUT2D eigenvalue weighted by molar-refractivity contribution is 5.46. The second-order valence-electron chi connectivity index (χ2n) is 4.12. The van der Waals surface area contributed by atoms with Gasteiger partial charge in [0.25, 0.3) is 0 Å². The second kappa shape index (κ2) is 4.53. The fourth-order valence-corrected chi connectivity index (χ4v) is 1.81. The third kappa shape index (κ3) is 2.27. The molecule has 1 N–H and O–H groups in total. The van der Waals surface area contributed by atoms with Gasteiger partial charge in [0.15, 0.2) is 0 Å². The summed E-state index contributed by atoms with van der Waals surface area (Å²) >= 11 is 0. The van der Waals surface area contributed by atoms with Gasteiger partial charge in [-0.2, -0.15) is 9.97 Å². The molecule has 2 aromatic heterocycles. The van der Waals surface area contributed by atoms with Crippen LogP contribution in [0.3, 0.4) is 0 Å². The molecule has 0 radical (unpaired) electrons.